The highest BCUT2D eigenvalue weighted by Gasteiger charge is 2.72. The van der Waals surface area contributed by atoms with E-state index in [9.17, 15) is 14.4 Å². The summed E-state index contributed by atoms with van der Waals surface area (Å²) < 4.78 is 6.39. The number of rotatable bonds is 7. The summed E-state index contributed by atoms with van der Waals surface area (Å²) in [5.74, 6) is -1.66. The van der Waals surface area contributed by atoms with Crippen LogP contribution in [0.3, 0.4) is 0 Å². The largest absolute Gasteiger partial charge is 0.359 e. The van der Waals surface area contributed by atoms with Gasteiger partial charge in [-0.25, -0.2) is 0 Å². The molecule has 3 fully saturated rings. The maximum Gasteiger partial charge on any atom is 0.246 e. The van der Waals surface area contributed by atoms with Crippen molar-refractivity contribution in [2.45, 2.75) is 76.2 Å². The molecule has 8 heteroatoms. The van der Waals surface area contributed by atoms with E-state index in [-0.39, 0.29) is 23.8 Å². The molecule has 1 aromatic rings. The molecule has 35 heavy (non-hydrogen) atoms. The summed E-state index contributed by atoms with van der Waals surface area (Å²) in [6.07, 6.45) is 9.27. The second kappa shape index (κ2) is 9.58. The predicted octanol–water partition coefficient (Wildman–Crippen LogP) is 3.92. The van der Waals surface area contributed by atoms with Crippen LogP contribution in [-0.2, 0) is 19.1 Å². The van der Waals surface area contributed by atoms with E-state index in [0.29, 0.717) is 23.2 Å². The van der Waals surface area contributed by atoms with Gasteiger partial charge in [-0.1, -0.05) is 56.9 Å². The van der Waals surface area contributed by atoms with Gasteiger partial charge in [0.2, 0.25) is 17.7 Å². The van der Waals surface area contributed by atoms with Crippen molar-refractivity contribution in [3.8, 4) is 0 Å². The Kier molecular flexibility index (Phi) is 6.66. The Balaban J connectivity index is 1.42. The number of nitrogens with zero attached hydrogens (tertiary/aromatic N) is 1. The highest BCUT2D eigenvalue weighted by Crippen LogP contribution is 2.55. The molecule has 188 valence electrons. The Morgan fingerprint density at radius 2 is 1.86 bits per heavy atom. The Morgan fingerprint density at radius 3 is 2.54 bits per heavy atom. The van der Waals surface area contributed by atoms with Crippen LogP contribution in [0.4, 0.5) is 5.69 Å². The number of carbonyl (C=O) groups is 3. The lowest BCUT2D eigenvalue weighted by Crippen LogP contribution is -2.56. The number of nitrogens with one attached hydrogen (secondary N) is 2. The van der Waals surface area contributed by atoms with Crippen LogP contribution in [0.15, 0.2) is 36.4 Å². The van der Waals surface area contributed by atoms with E-state index in [1.807, 2.05) is 12.2 Å². The van der Waals surface area contributed by atoms with Crippen molar-refractivity contribution in [1.82, 2.24) is 10.2 Å². The minimum Gasteiger partial charge on any atom is -0.359 e. The van der Waals surface area contributed by atoms with Gasteiger partial charge in [0.15, 0.2) is 0 Å². The van der Waals surface area contributed by atoms with Crippen LogP contribution >= 0.6 is 11.6 Å². The minimum atomic E-state index is -1.11. The van der Waals surface area contributed by atoms with Gasteiger partial charge in [0.25, 0.3) is 0 Å². The summed E-state index contributed by atoms with van der Waals surface area (Å²) in [5, 5.41) is 6.71. The van der Waals surface area contributed by atoms with Gasteiger partial charge in [-0.3, -0.25) is 14.4 Å². The Hall–Kier alpha value is -2.38. The third-order valence-corrected chi connectivity index (χ3v) is 8.19. The van der Waals surface area contributed by atoms with Gasteiger partial charge in [-0.15, -0.1) is 0 Å². The first kappa shape index (κ1) is 24.3. The molecule has 1 aliphatic carbocycles. The molecular formula is C27H34ClN3O4. The molecule has 0 radical (unpaired) electrons. The number of hydrogen-bond donors (Lipinski definition) is 2. The first-order chi connectivity index (χ1) is 16.8. The fraction of sp³-hybridized carbons (Fsp3) is 0.593. The van der Waals surface area contributed by atoms with E-state index >= 15 is 0 Å². The molecule has 0 unspecified atom stereocenters. The van der Waals surface area contributed by atoms with Gasteiger partial charge in [0, 0.05) is 23.3 Å². The van der Waals surface area contributed by atoms with E-state index in [2.05, 4.69) is 24.5 Å². The molecule has 1 aromatic carbocycles. The zero-order chi connectivity index (χ0) is 24.7. The summed E-state index contributed by atoms with van der Waals surface area (Å²) in [6.45, 7) is 4.66. The third kappa shape index (κ3) is 4.38. The molecule has 2 saturated heterocycles. The van der Waals surface area contributed by atoms with E-state index in [4.69, 9.17) is 16.3 Å². The number of hydrogen-bond acceptors (Lipinski definition) is 4. The number of fused-ring (bicyclic) bond motifs is 1. The van der Waals surface area contributed by atoms with E-state index in [1.165, 1.54) is 6.42 Å². The monoisotopic (exact) mass is 499 g/mol. The van der Waals surface area contributed by atoms with Crippen LogP contribution in [0.25, 0.3) is 0 Å². The molecule has 3 aliphatic heterocycles. The van der Waals surface area contributed by atoms with Gasteiger partial charge in [0.1, 0.15) is 11.6 Å². The lowest BCUT2D eigenvalue weighted by atomic mass is 9.74. The van der Waals surface area contributed by atoms with Crippen LogP contribution in [0.2, 0.25) is 5.02 Å². The van der Waals surface area contributed by atoms with Crippen molar-refractivity contribution >= 4 is 35.0 Å². The SMILES string of the molecule is CC(C)CCN1C(=O)[C@H]2[C@@H](C(=O)Nc3ccc(Cl)cc3)[C@H]3C=C[C@@]2(O3)[C@@H]1C(=O)NC1CCCCC1. The molecular weight excluding hydrogens is 466 g/mol. The Labute approximate surface area is 211 Å². The second-order valence-electron chi connectivity index (χ2n) is 10.8. The number of anilines is 1. The van der Waals surface area contributed by atoms with Crippen LogP contribution < -0.4 is 10.6 Å². The van der Waals surface area contributed by atoms with Gasteiger partial charge in [-0.2, -0.15) is 0 Å². The summed E-state index contributed by atoms with van der Waals surface area (Å²) in [5.41, 5.74) is -0.506. The fourth-order valence-corrected chi connectivity index (χ4v) is 6.32. The molecule has 5 rings (SSSR count). The molecule has 3 heterocycles. The molecule has 3 amide bonds. The highest BCUT2D eigenvalue weighted by molar-refractivity contribution is 6.30. The molecule has 7 nitrogen and oxygen atoms in total. The van der Waals surface area contributed by atoms with Crippen molar-refractivity contribution < 1.29 is 19.1 Å². The zero-order valence-electron chi connectivity index (χ0n) is 20.3. The van der Waals surface area contributed by atoms with Crippen LogP contribution in [0.5, 0.6) is 0 Å². The van der Waals surface area contributed by atoms with Crippen LogP contribution in [-0.4, -0.2) is 53.0 Å². The molecule has 1 saturated carbocycles. The molecule has 1 spiro atoms. The van der Waals surface area contributed by atoms with Gasteiger partial charge >= 0.3 is 0 Å². The maximum atomic E-state index is 13.8. The van der Waals surface area contributed by atoms with Crippen molar-refractivity contribution in [2.75, 3.05) is 11.9 Å². The lowest BCUT2D eigenvalue weighted by Gasteiger charge is -2.34. The molecule has 0 aromatic heterocycles. The Morgan fingerprint density at radius 1 is 1.14 bits per heavy atom. The normalized spacial score (nSPS) is 31.8. The summed E-state index contributed by atoms with van der Waals surface area (Å²) in [6, 6.07) is 6.22. The first-order valence-corrected chi connectivity index (χ1v) is 13.2. The number of halogens is 1. The number of amides is 3. The minimum absolute atomic E-state index is 0.125. The number of ether oxygens (including phenoxy) is 1. The smallest absolute Gasteiger partial charge is 0.246 e. The number of benzene rings is 1. The molecule has 5 atom stereocenters. The van der Waals surface area contributed by atoms with Gasteiger partial charge < -0.3 is 20.3 Å². The van der Waals surface area contributed by atoms with Crippen molar-refractivity contribution in [3.63, 3.8) is 0 Å². The summed E-state index contributed by atoms with van der Waals surface area (Å²) in [4.78, 5) is 42.6. The third-order valence-electron chi connectivity index (χ3n) is 7.94. The van der Waals surface area contributed by atoms with E-state index in [0.717, 1.165) is 32.1 Å². The van der Waals surface area contributed by atoms with E-state index < -0.39 is 29.6 Å². The first-order valence-electron chi connectivity index (χ1n) is 12.8. The van der Waals surface area contributed by atoms with E-state index in [1.54, 1.807) is 29.2 Å². The number of likely N-dealkylation sites (tertiary alicyclic amines) is 1. The summed E-state index contributed by atoms with van der Waals surface area (Å²) in [7, 11) is 0. The predicted molar refractivity (Wildman–Crippen MR) is 134 cm³/mol. The fourth-order valence-electron chi connectivity index (χ4n) is 6.19. The van der Waals surface area contributed by atoms with Crippen LogP contribution in [0.1, 0.15) is 52.4 Å². The maximum absolute atomic E-state index is 13.8. The molecule has 4 aliphatic rings. The highest BCUT2D eigenvalue weighted by atomic mass is 35.5. The topological polar surface area (TPSA) is 87.7 Å². The van der Waals surface area contributed by atoms with Crippen molar-refractivity contribution in [1.29, 1.82) is 0 Å². The van der Waals surface area contributed by atoms with Crippen molar-refractivity contribution in [3.05, 3.63) is 41.4 Å². The Bertz CT molecular complexity index is 1020. The quantitative estimate of drug-likeness (QED) is 0.556. The van der Waals surface area contributed by atoms with Crippen molar-refractivity contribution in [2.24, 2.45) is 17.8 Å². The average molecular weight is 500 g/mol. The average Bonchev–Trinajstić information content (AvgIpc) is 3.47. The molecule has 2 bridgehead atoms. The number of carbonyl (C=O) groups excluding carboxylic acids is 3. The van der Waals surface area contributed by atoms with Gasteiger partial charge in [0.05, 0.1) is 17.9 Å². The van der Waals surface area contributed by atoms with Crippen LogP contribution in [0, 0.1) is 17.8 Å². The summed E-state index contributed by atoms with van der Waals surface area (Å²) >= 11 is 5.97. The van der Waals surface area contributed by atoms with Gasteiger partial charge in [-0.05, 0) is 49.4 Å². The second-order valence-corrected chi connectivity index (χ2v) is 11.2. The lowest BCUT2D eigenvalue weighted by molar-refractivity contribution is -0.141. The zero-order valence-corrected chi connectivity index (χ0v) is 21.1. The standard InChI is InChI=1S/C27H34ClN3O4/c1-16(2)13-15-31-23(25(33)30-18-6-4-3-5-7-18)27-14-12-20(35-27)21(22(27)26(31)34)24(32)29-19-10-8-17(28)9-11-19/h8-12,14,16,18,20-23H,3-7,13,15H2,1-2H3,(H,29,32)(H,30,33)/t20-,21+,22-,23+,27+/m1/s1. The molecule has 2 N–H and O–H groups in total.